The van der Waals surface area contributed by atoms with Gasteiger partial charge in [-0.15, -0.1) is 0 Å². The van der Waals surface area contributed by atoms with Crippen molar-refractivity contribution in [1.82, 2.24) is 5.32 Å². The van der Waals surface area contributed by atoms with E-state index in [2.05, 4.69) is 10.1 Å². The van der Waals surface area contributed by atoms with Crippen LogP contribution < -0.4 is 5.32 Å². The smallest absolute Gasteiger partial charge is 0.408 e. The minimum Gasteiger partial charge on any atom is -0.469 e. The molecule has 0 aliphatic heterocycles. The van der Waals surface area contributed by atoms with Gasteiger partial charge < -0.3 is 14.8 Å². The summed E-state index contributed by atoms with van der Waals surface area (Å²) < 4.78 is 9.57. The van der Waals surface area contributed by atoms with Crippen molar-refractivity contribution < 1.29 is 23.9 Å². The predicted molar refractivity (Wildman–Crippen MR) is 74.3 cm³/mol. The number of amides is 1. The first kappa shape index (κ1) is 18.4. The number of nitrogens with one attached hydrogen (secondary N) is 1. The lowest BCUT2D eigenvalue weighted by atomic mass is 9.99. The summed E-state index contributed by atoms with van der Waals surface area (Å²) in [7, 11) is 1.22. The molecule has 0 aromatic heterocycles. The number of ketones is 1. The molecule has 0 heterocycles. The molecular formula is C14H25NO5. The van der Waals surface area contributed by atoms with Crippen LogP contribution in [0.5, 0.6) is 0 Å². The van der Waals surface area contributed by atoms with Gasteiger partial charge in [-0.05, 0) is 33.1 Å². The van der Waals surface area contributed by atoms with E-state index < -0.39 is 23.7 Å². The highest BCUT2D eigenvalue weighted by Crippen LogP contribution is 2.11. The number of hydrogen-bond acceptors (Lipinski definition) is 5. The van der Waals surface area contributed by atoms with E-state index >= 15 is 0 Å². The monoisotopic (exact) mass is 287 g/mol. The third-order valence-electron chi connectivity index (χ3n) is 2.33. The molecule has 0 radical (unpaired) electrons. The lowest BCUT2D eigenvalue weighted by molar-refractivity contribution is -0.143. The van der Waals surface area contributed by atoms with Gasteiger partial charge in [-0.1, -0.05) is 13.8 Å². The average molecular weight is 287 g/mol. The molecule has 0 fully saturated rings. The van der Waals surface area contributed by atoms with E-state index in [1.54, 1.807) is 20.8 Å². The normalized spacial score (nSPS) is 12.8. The Morgan fingerprint density at radius 3 is 2.10 bits per heavy atom. The van der Waals surface area contributed by atoms with Crippen molar-refractivity contribution in [2.24, 2.45) is 5.92 Å². The zero-order chi connectivity index (χ0) is 15.9. The topological polar surface area (TPSA) is 81.7 Å². The molecule has 0 spiro atoms. The molecule has 116 valence electrons. The summed E-state index contributed by atoms with van der Waals surface area (Å²) >= 11 is 0. The lowest BCUT2D eigenvalue weighted by Gasteiger charge is -2.23. The van der Waals surface area contributed by atoms with Crippen LogP contribution in [0.2, 0.25) is 0 Å². The zero-order valence-electron chi connectivity index (χ0n) is 13.1. The maximum atomic E-state index is 12.0. The summed E-state index contributed by atoms with van der Waals surface area (Å²) in [5, 5.41) is 2.52. The van der Waals surface area contributed by atoms with Gasteiger partial charge >= 0.3 is 12.1 Å². The highest BCUT2D eigenvalue weighted by molar-refractivity contribution is 5.99. The lowest BCUT2D eigenvalue weighted by Crippen LogP contribution is -2.44. The van der Waals surface area contributed by atoms with Gasteiger partial charge in [0, 0.05) is 0 Å². The number of Topliss-reactive ketones (excluding diaryl/α,β-unsaturated/α-hetero) is 1. The van der Waals surface area contributed by atoms with E-state index in [0.29, 0.717) is 6.42 Å². The van der Waals surface area contributed by atoms with Crippen LogP contribution in [-0.2, 0) is 19.1 Å². The van der Waals surface area contributed by atoms with Gasteiger partial charge in [-0.25, -0.2) is 4.79 Å². The molecule has 0 aromatic rings. The Morgan fingerprint density at radius 2 is 1.70 bits per heavy atom. The molecule has 0 saturated carbocycles. The average Bonchev–Trinajstić information content (AvgIpc) is 2.24. The van der Waals surface area contributed by atoms with E-state index in [-0.39, 0.29) is 18.1 Å². The highest BCUT2D eigenvalue weighted by atomic mass is 16.6. The maximum absolute atomic E-state index is 12.0. The Balaban J connectivity index is 4.68. The number of hydrogen-bond donors (Lipinski definition) is 1. The molecule has 6 heteroatoms. The molecule has 0 bridgehead atoms. The van der Waals surface area contributed by atoms with Crippen molar-refractivity contribution in [3.63, 3.8) is 0 Å². The molecule has 1 amide bonds. The molecule has 0 aliphatic carbocycles. The van der Waals surface area contributed by atoms with Gasteiger partial charge in [0.1, 0.15) is 12.0 Å². The van der Waals surface area contributed by atoms with E-state index in [4.69, 9.17) is 4.74 Å². The first-order valence-corrected chi connectivity index (χ1v) is 6.64. The standard InChI is InChI=1S/C14H25NO5/c1-9(2)7-10(11(16)8-12(17)19-6)15-13(18)20-14(3,4)5/h9-10H,7-8H2,1-6H3,(H,15,18)/t10-/m0/s1. The molecule has 0 saturated heterocycles. The van der Waals surface area contributed by atoms with Crippen LogP contribution >= 0.6 is 0 Å². The van der Waals surface area contributed by atoms with E-state index in [9.17, 15) is 14.4 Å². The third-order valence-corrected chi connectivity index (χ3v) is 2.33. The van der Waals surface area contributed by atoms with Crippen LogP contribution in [0.15, 0.2) is 0 Å². The molecule has 0 unspecified atom stereocenters. The van der Waals surface area contributed by atoms with Crippen molar-refractivity contribution in [3.8, 4) is 0 Å². The Kier molecular flexibility index (Phi) is 7.24. The predicted octanol–water partition coefficient (Wildman–Crippen LogP) is 2.06. The minimum absolute atomic E-state index is 0.191. The van der Waals surface area contributed by atoms with Gasteiger partial charge in [0.2, 0.25) is 0 Å². The number of rotatable bonds is 6. The van der Waals surface area contributed by atoms with Crippen molar-refractivity contribution in [2.75, 3.05) is 7.11 Å². The number of ether oxygens (including phenoxy) is 2. The molecule has 20 heavy (non-hydrogen) atoms. The first-order valence-electron chi connectivity index (χ1n) is 6.64. The van der Waals surface area contributed by atoms with Crippen LogP contribution in [-0.4, -0.2) is 36.6 Å². The third kappa shape index (κ3) is 8.50. The van der Waals surface area contributed by atoms with Crippen molar-refractivity contribution in [2.45, 2.75) is 59.1 Å². The largest absolute Gasteiger partial charge is 0.469 e. The van der Waals surface area contributed by atoms with Crippen LogP contribution in [0.3, 0.4) is 0 Å². The van der Waals surface area contributed by atoms with Crippen LogP contribution in [0, 0.1) is 5.92 Å². The second-order valence-corrected chi connectivity index (χ2v) is 6.05. The van der Waals surface area contributed by atoms with Gasteiger partial charge in [0.05, 0.1) is 13.2 Å². The Morgan fingerprint density at radius 1 is 1.15 bits per heavy atom. The second-order valence-electron chi connectivity index (χ2n) is 6.05. The quantitative estimate of drug-likeness (QED) is 0.597. The number of carbonyl (C=O) groups excluding carboxylic acids is 3. The Labute approximate surface area is 120 Å². The number of esters is 1. The molecule has 0 rings (SSSR count). The zero-order valence-corrected chi connectivity index (χ0v) is 13.1. The summed E-state index contributed by atoms with van der Waals surface area (Å²) in [6.07, 6.45) is -0.583. The van der Waals surface area contributed by atoms with Crippen LogP contribution in [0.1, 0.15) is 47.5 Å². The molecular weight excluding hydrogens is 262 g/mol. The minimum atomic E-state index is -0.746. The summed E-state index contributed by atoms with van der Waals surface area (Å²) in [4.78, 5) is 34.8. The molecule has 1 N–H and O–H groups in total. The fourth-order valence-electron chi connectivity index (χ4n) is 1.53. The van der Waals surface area contributed by atoms with Crippen molar-refractivity contribution in [1.29, 1.82) is 0 Å². The maximum Gasteiger partial charge on any atom is 0.408 e. The molecule has 6 nitrogen and oxygen atoms in total. The molecule has 1 atom stereocenters. The van der Waals surface area contributed by atoms with Gasteiger partial charge in [0.25, 0.3) is 0 Å². The SMILES string of the molecule is COC(=O)CC(=O)[C@H](CC(C)C)NC(=O)OC(C)(C)C. The second kappa shape index (κ2) is 7.87. The van der Waals surface area contributed by atoms with Gasteiger partial charge in [0.15, 0.2) is 5.78 Å². The Bertz CT molecular complexity index is 357. The highest BCUT2D eigenvalue weighted by Gasteiger charge is 2.26. The number of methoxy groups -OCH3 is 1. The van der Waals surface area contributed by atoms with E-state index in [1.165, 1.54) is 7.11 Å². The van der Waals surface area contributed by atoms with Crippen LogP contribution in [0.4, 0.5) is 4.79 Å². The van der Waals surface area contributed by atoms with Crippen LogP contribution in [0.25, 0.3) is 0 Å². The van der Waals surface area contributed by atoms with Crippen molar-refractivity contribution in [3.05, 3.63) is 0 Å². The van der Waals surface area contributed by atoms with E-state index in [0.717, 1.165) is 0 Å². The molecule has 0 aliphatic rings. The summed E-state index contributed by atoms with van der Waals surface area (Å²) in [5.41, 5.74) is -0.641. The van der Waals surface area contributed by atoms with Gasteiger partial charge in [-0.2, -0.15) is 0 Å². The fraction of sp³-hybridized carbons (Fsp3) is 0.786. The van der Waals surface area contributed by atoms with Gasteiger partial charge in [-0.3, -0.25) is 9.59 Å². The fourth-order valence-corrected chi connectivity index (χ4v) is 1.53. The Hall–Kier alpha value is -1.59. The summed E-state index contributed by atoms with van der Waals surface area (Å²) in [6.45, 7) is 9.06. The molecule has 0 aromatic carbocycles. The van der Waals surface area contributed by atoms with E-state index in [1.807, 2.05) is 13.8 Å². The summed E-state index contributed by atoms with van der Waals surface area (Å²) in [6, 6.07) is -0.746. The number of alkyl carbamates (subject to hydrolysis) is 1. The number of carbonyl (C=O) groups is 3. The van der Waals surface area contributed by atoms with Crippen molar-refractivity contribution >= 4 is 17.8 Å². The summed E-state index contributed by atoms with van der Waals surface area (Å²) in [5.74, 6) is -0.803. The first-order chi connectivity index (χ1) is 9.05.